The molecule has 2 saturated heterocycles. The molecule has 4 rings (SSSR count). The van der Waals surface area contributed by atoms with Crippen molar-refractivity contribution in [1.82, 2.24) is 9.80 Å². The van der Waals surface area contributed by atoms with Gasteiger partial charge >= 0.3 is 0 Å². The van der Waals surface area contributed by atoms with Crippen molar-refractivity contribution in [2.24, 2.45) is 0 Å². The molecule has 2 fully saturated rings. The Hall–Kier alpha value is -2.74. The summed E-state index contributed by atoms with van der Waals surface area (Å²) in [4.78, 5) is 29.4. The van der Waals surface area contributed by atoms with Gasteiger partial charge in [0.25, 0.3) is 11.8 Å². The lowest BCUT2D eigenvalue weighted by atomic mass is 10.00. The van der Waals surface area contributed by atoms with E-state index in [1.165, 1.54) is 12.1 Å². The summed E-state index contributed by atoms with van der Waals surface area (Å²) in [5, 5.41) is 0. The van der Waals surface area contributed by atoms with E-state index in [4.69, 9.17) is 9.47 Å². The smallest absolute Gasteiger partial charge is 0.256 e. The number of benzene rings is 2. The van der Waals surface area contributed by atoms with Crippen LogP contribution in [0.2, 0.25) is 0 Å². The highest BCUT2D eigenvalue weighted by Crippen LogP contribution is 2.45. The molecule has 31 heavy (non-hydrogen) atoms. The number of likely N-dealkylation sites (tertiary alicyclic amines) is 1. The maximum absolute atomic E-state index is 14.0. The number of rotatable bonds is 4. The molecule has 0 radical (unpaired) electrons. The fraction of sp³-hybridized carbons (Fsp3) is 0.391. The maximum Gasteiger partial charge on any atom is 0.256 e. The second kappa shape index (κ2) is 8.78. The highest BCUT2D eigenvalue weighted by atomic mass is 32.2. The van der Waals surface area contributed by atoms with Gasteiger partial charge in [0.1, 0.15) is 17.3 Å². The summed E-state index contributed by atoms with van der Waals surface area (Å²) in [6.45, 7) is 1.60. The van der Waals surface area contributed by atoms with Crippen LogP contribution in [0.15, 0.2) is 42.5 Å². The van der Waals surface area contributed by atoms with Gasteiger partial charge in [-0.15, -0.1) is 11.8 Å². The third kappa shape index (κ3) is 4.08. The minimum atomic E-state index is -0.508. The Morgan fingerprint density at radius 1 is 0.968 bits per heavy atom. The molecule has 6 nitrogen and oxygen atoms in total. The Bertz CT molecular complexity index is 969. The molecule has 0 saturated carbocycles. The van der Waals surface area contributed by atoms with Crippen molar-refractivity contribution in [3.63, 3.8) is 0 Å². The van der Waals surface area contributed by atoms with E-state index in [0.717, 1.165) is 5.75 Å². The molecular weight excluding hydrogens is 419 g/mol. The summed E-state index contributed by atoms with van der Waals surface area (Å²) in [5.41, 5.74) is 0.608. The lowest BCUT2D eigenvalue weighted by molar-refractivity contribution is 0.0495. The third-order valence-corrected chi connectivity index (χ3v) is 7.51. The first-order valence-corrected chi connectivity index (χ1v) is 11.2. The van der Waals surface area contributed by atoms with Gasteiger partial charge in [-0.2, -0.15) is 0 Å². The molecule has 0 bridgehead atoms. The van der Waals surface area contributed by atoms with E-state index in [1.807, 2.05) is 4.90 Å². The molecule has 2 heterocycles. The highest BCUT2D eigenvalue weighted by Gasteiger charge is 2.47. The summed E-state index contributed by atoms with van der Waals surface area (Å²) in [5.74, 6) is 1.09. The van der Waals surface area contributed by atoms with Crippen LogP contribution in [0.3, 0.4) is 0 Å². The van der Waals surface area contributed by atoms with Gasteiger partial charge in [0.05, 0.1) is 24.7 Å². The number of amides is 2. The third-order valence-electron chi connectivity index (χ3n) is 5.96. The molecule has 0 atom stereocenters. The number of ether oxygens (including phenoxy) is 2. The number of halogens is 1. The van der Waals surface area contributed by atoms with Crippen LogP contribution < -0.4 is 9.47 Å². The predicted octanol–water partition coefficient (Wildman–Crippen LogP) is 3.66. The van der Waals surface area contributed by atoms with E-state index < -0.39 is 5.82 Å². The number of thioether (sulfide) groups is 1. The fourth-order valence-electron chi connectivity index (χ4n) is 4.26. The molecule has 2 aromatic rings. The topological polar surface area (TPSA) is 59.1 Å². The number of hydrogen-bond acceptors (Lipinski definition) is 5. The standard InChI is InChI=1S/C23H25FN2O4S/c1-29-17-13-16(14-18(15-17)30-2)21(27)26-11-12-31-23(26)7-9-25(10-8-23)22(28)19-5-3-4-6-20(19)24/h3-6,13-15H,7-12H2,1-2H3. The van der Waals surface area contributed by atoms with Crippen LogP contribution in [-0.2, 0) is 0 Å². The van der Waals surface area contributed by atoms with Gasteiger partial charge in [-0.3, -0.25) is 9.59 Å². The second-order valence-electron chi connectivity index (χ2n) is 7.62. The van der Waals surface area contributed by atoms with Crippen LogP contribution in [-0.4, -0.2) is 66.1 Å². The number of hydrogen-bond donors (Lipinski definition) is 0. The lowest BCUT2D eigenvalue weighted by Gasteiger charge is -2.44. The molecular formula is C23H25FN2O4S. The average molecular weight is 445 g/mol. The van der Waals surface area contributed by atoms with Gasteiger partial charge in [0.15, 0.2) is 0 Å². The van der Waals surface area contributed by atoms with E-state index >= 15 is 0 Å². The first-order valence-electron chi connectivity index (χ1n) is 10.2. The van der Waals surface area contributed by atoms with Gasteiger partial charge in [0.2, 0.25) is 0 Å². The van der Waals surface area contributed by atoms with Crippen LogP contribution in [0.25, 0.3) is 0 Å². The first-order chi connectivity index (χ1) is 15.0. The van der Waals surface area contributed by atoms with Crippen molar-refractivity contribution in [1.29, 1.82) is 0 Å². The Labute approximate surface area is 185 Å². The van der Waals surface area contributed by atoms with Crippen LogP contribution in [0.5, 0.6) is 11.5 Å². The first kappa shape index (κ1) is 21.5. The van der Waals surface area contributed by atoms with E-state index in [0.29, 0.717) is 49.5 Å². The number of nitrogens with zero attached hydrogens (tertiary/aromatic N) is 2. The van der Waals surface area contributed by atoms with Gasteiger partial charge in [-0.05, 0) is 37.1 Å². The van der Waals surface area contributed by atoms with Crippen molar-refractivity contribution in [3.05, 3.63) is 59.4 Å². The molecule has 1 spiro atoms. The number of carbonyl (C=O) groups excluding carboxylic acids is 2. The van der Waals surface area contributed by atoms with Gasteiger partial charge in [-0.25, -0.2) is 4.39 Å². The van der Waals surface area contributed by atoms with E-state index in [2.05, 4.69) is 0 Å². The Kier molecular flexibility index (Phi) is 6.09. The van der Waals surface area contributed by atoms with Crippen molar-refractivity contribution >= 4 is 23.6 Å². The predicted molar refractivity (Wildman–Crippen MR) is 117 cm³/mol. The maximum atomic E-state index is 14.0. The molecule has 0 N–H and O–H groups in total. The molecule has 2 aromatic carbocycles. The largest absolute Gasteiger partial charge is 0.497 e. The Balaban J connectivity index is 1.51. The lowest BCUT2D eigenvalue weighted by Crippen LogP contribution is -2.53. The van der Waals surface area contributed by atoms with Crippen LogP contribution in [0.1, 0.15) is 33.6 Å². The molecule has 0 aliphatic carbocycles. The van der Waals surface area contributed by atoms with Gasteiger partial charge in [-0.1, -0.05) is 12.1 Å². The number of carbonyl (C=O) groups is 2. The van der Waals surface area contributed by atoms with E-state index in [9.17, 15) is 14.0 Å². The monoisotopic (exact) mass is 444 g/mol. The zero-order chi connectivity index (χ0) is 22.0. The molecule has 0 aromatic heterocycles. The summed E-state index contributed by atoms with van der Waals surface area (Å²) in [7, 11) is 3.11. The van der Waals surface area contributed by atoms with E-state index in [1.54, 1.807) is 61.2 Å². The van der Waals surface area contributed by atoms with Crippen LogP contribution in [0, 0.1) is 5.82 Å². The SMILES string of the molecule is COc1cc(OC)cc(C(=O)N2CCSC23CCN(C(=O)c2ccccc2F)CC3)c1. The minimum Gasteiger partial charge on any atom is -0.497 e. The summed E-state index contributed by atoms with van der Waals surface area (Å²) in [6.07, 6.45) is 1.29. The molecule has 2 aliphatic heterocycles. The van der Waals surface area contributed by atoms with Crippen LogP contribution >= 0.6 is 11.8 Å². The summed E-state index contributed by atoms with van der Waals surface area (Å²) >= 11 is 1.76. The molecule has 8 heteroatoms. The summed E-state index contributed by atoms with van der Waals surface area (Å²) in [6, 6.07) is 11.2. The molecule has 0 unspecified atom stereocenters. The average Bonchev–Trinajstić information content (AvgIpc) is 3.21. The normalized spacial score (nSPS) is 17.6. The number of piperidine rings is 1. The Morgan fingerprint density at radius 2 is 1.61 bits per heavy atom. The van der Waals surface area contributed by atoms with Crippen LogP contribution in [0.4, 0.5) is 4.39 Å². The summed E-state index contributed by atoms with van der Waals surface area (Å²) < 4.78 is 24.7. The van der Waals surface area contributed by atoms with Crippen molar-refractivity contribution in [2.45, 2.75) is 17.7 Å². The molecule has 2 aliphatic rings. The van der Waals surface area contributed by atoms with Gasteiger partial charge < -0.3 is 19.3 Å². The molecule has 2 amide bonds. The van der Waals surface area contributed by atoms with Crippen molar-refractivity contribution in [2.75, 3.05) is 39.6 Å². The zero-order valence-electron chi connectivity index (χ0n) is 17.6. The Morgan fingerprint density at radius 3 is 2.23 bits per heavy atom. The van der Waals surface area contributed by atoms with Crippen molar-refractivity contribution < 1.29 is 23.5 Å². The quantitative estimate of drug-likeness (QED) is 0.720. The molecule has 164 valence electrons. The van der Waals surface area contributed by atoms with E-state index in [-0.39, 0.29) is 22.2 Å². The zero-order valence-corrected chi connectivity index (χ0v) is 18.4. The second-order valence-corrected chi connectivity index (χ2v) is 9.08. The van der Waals surface area contributed by atoms with Crippen molar-refractivity contribution in [3.8, 4) is 11.5 Å². The minimum absolute atomic E-state index is 0.0731. The fourth-order valence-corrected chi connectivity index (χ4v) is 5.72. The number of methoxy groups -OCH3 is 2. The highest BCUT2D eigenvalue weighted by molar-refractivity contribution is 8.00. The van der Waals surface area contributed by atoms with Gasteiger partial charge in [0, 0.05) is 37.0 Å².